The van der Waals surface area contributed by atoms with Crippen molar-refractivity contribution >= 4 is 28.3 Å². The quantitative estimate of drug-likeness (QED) is 0.841. The number of anilines is 1. The van der Waals surface area contributed by atoms with Gasteiger partial charge in [0, 0.05) is 10.6 Å². The fraction of sp³-hybridized carbons (Fsp3) is 0.250. The summed E-state index contributed by atoms with van der Waals surface area (Å²) in [6.07, 6.45) is 0. The number of methoxy groups -OCH3 is 1. The molecule has 1 aromatic carbocycles. The van der Waals surface area contributed by atoms with Gasteiger partial charge in [0.05, 0.1) is 7.11 Å². The molecule has 0 saturated heterocycles. The van der Waals surface area contributed by atoms with Gasteiger partial charge >= 0.3 is 0 Å². The minimum atomic E-state index is -0.291. The van der Waals surface area contributed by atoms with Crippen LogP contribution in [0.3, 0.4) is 0 Å². The van der Waals surface area contributed by atoms with Gasteiger partial charge in [-0.1, -0.05) is 0 Å². The zero-order chi connectivity index (χ0) is 9.14. The van der Waals surface area contributed by atoms with Gasteiger partial charge in [0.1, 0.15) is 11.4 Å². The molecule has 1 N–H and O–H groups in total. The van der Waals surface area contributed by atoms with Gasteiger partial charge in [-0.15, -0.1) is 0 Å². The molecular weight excluding hydrogens is 272 g/mol. The molecule has 2 nitrogen and oxygen atoms in total. The second-order valence-electron chi connectivity index (χ2n) is 2.21. The van der Waals surface area contributed by atoms with E-state index >= 15 is 0 Å². The normalized spacial score (nSPS) is 9.67. The van der Waals surface area contributed by atoms with E-state index in [1.54, 1.807) is 13.1 Å². The lowest BCUT2D eigenvalue weighted by Gasteiger charge is -2.08. The minimum absolute atomic E-state index is 0.291. The number of benzene rings is 1. The highest BCUT2D eigenvalue weighted by Crippen LogP contribution is 2.29. The maximum Gasteiger partial charge on any atom is 0.151 e. The molecule has 0 bridgehead atoms. The van der Waals surface area contributed by atoms with Crippen LogP contribution in [0, 0.1) is 9.39 Å². The molecule has 0 unspecified atom stereocenters. The molecule has 1 aromatic rings. The summed E-state index contributed by atoms with van der Waals surface area (Å²) in [5, 5.41) is 2.74. The van der Waals surface area contributed by atoms with Crippen molar-refractivity contribution in [3.63, 3.8) is 0 Å². The van der Waals surface area contributed by atoms with Crippen LogP contribution in [0.1, 0.15) is 0 Å². The monoisotopic (exact) mass is 281 g/mol. The Hall–Kier alpha value is -0.520. The topological polar surface area (TPSA) is 21.3 Å². The molecule has 66 valence electrons. The van der Waals surface area contributed by atoms with Crippen molar-refractivity contribution in [3.05, 3.63) is 21.5 Å². The number of hydrogen-bond donors (Lipinski definition) is 1. The SMILES string of the molecule is CNc1c(F)cc(I)cc1OC. The summed E-state index contributed by atoms with van der Waals surface area (Å²) in [5.41, 5.74) is 0.401. The summed E-state index contributed by atoms with van der Waals surface area (Å²) in [5.74, 6) is 0.239. The first-order valence-electron chi connectivity index (χ1n) is 3.40. The maximum atomic E-state index is 13.2. The molecule has 0 fully saturated rings. The van der Waals surface area contributed by atoms with E-state index in [0.717, 1.165) is 3.57 Å². The smallest absolute Gasteiger partial charge is 0.151 e. The Kier molecular flexibility index (Phi) is 3.13. The van der Waals surface area contributed by atoms with E-state index in [2.05, 4.69) is 5.32 Å². The molecule has 0 aliphatic carbocycles. The standard InChI is InChI=1S/C8H9FINO/c1-11-8-6(9)3-5(10)4-7(8)12-2/h3-4,11H,1-2H3. The van der Waals surface area contributed by atoms with Gasteiger partial charge in [0.25, 0.3) is 0 Å². The van der Waals surface area contributed by atoms with Crippen LogP contribution in [0.25, 0.3) is 0 Å². The molecular formula is C8H9FINO. The van der Waals surface area contributed by atoms with Crippen molar-refractivity contribution in [1.29, 1.82) is 0 Å². The molecule has 0 aliphatic heterocycles. The van der Waals surface area contributed by atoms with Gasteiger partial charge < -0.3 is 10.1 Å². The van der Waals surface area contributed by atoms with E-state index in [4.69, 9.17) is 4.74 Å². The van der Waals surface area contributed by atoms with Gasteiger partial charge in [0.2, 0.25) is 0 Å². The molecule has 0 atom stereocenters. The van der Waals surface area contributed by atoms with Gasteiger partial charge in [0.15, 0.2) is 5.82 Å². The van der Waals surface area contributed by atoms with E-state index in [1.165, 1.54) is 13.2 Å². The molecule has 0 saturated carbocycles. The highest BCUT2D eigenvalue weighted by molar-refractivity contribution is 14.1. The molecule has 0 aliphatic rings. The van der Waals surface area contributed by atoms with E-state index in [0.29, 0.717) is 11.4 Å². The first kappa shape index (κ1) is 9.57. The Labute approximate surface area is 84.3 Å². The maximum absolute atomic E-state index is 13.2. The molecule has 0 radical (unpaired) electrons. The zero-order valence-electron chi connectivity index (χ0n) is 6.82. The minimum Gasteiger partial charge on any atom is -0.494 e. The summed E-state index contributed by atoms with van der Waals surface area (Å²) in [4.78, 5) is 0. The van der Waals surface area contributed by atoms with Gasteiger partial charge in [-0.2, -0.15) is 0 Å². The highest BCUT2D eigenvalue weighted by Gasteiger charge is 2.08. The highest BCUT2D eigenvalue weighted by atomic mass is 127. The van der Waals surface area contributed by atoms with Crippen molar-refractivity contribution in [2.75, 3.05) is 19.5 Å². The second kappa shape index (κ2) is 3.93. The summed E-state index contributed by atoms with van der Waals surface area (Å²) in [7, 11) is 3.18. The van der Waals surface area contributed by atoms with Crippen LogP contribution in [-0.4, -0.2) is 14.2 Å². The molecule has 0 spiro atoms. The predicted octanol–water partition coefficient (Wildman–Crippen LogP) is 2.48. The summed E-state index contributed by atoms with van der Waals surface area (Å²) < 4.78 is 19.0. The Morgan fingerprint density at radius 2 is 2.17 bits per heavy atom. The van der Waals surface area contributed by atoms with Crippen LogP contribution >= 0.6 is 22.6 Å². The summed E-state index contributed by atoms with van der Waals surface area (Å²) in [6.45, 7) is 0. The third kappa shape index (κ3) is 1.80. The van der Waals surface area contributed by atoms with Crippen LogP contribution in [0.15, 0.2) is 12.1 Å². The lowest BCUT2D eigenvalue weighted by Crippen LogP contribution is -1.97. The lowest BCUT2D eigenvalue weighted by atomic mass is 10.3. The fourth-order valence-electron chi connectivity index (χ4n) is 0.954. The zero-order valence-corrected chi connectivity index (χ0v) is 8.98. The van der Waals surface area contributed by atoms with Crippen molar-refractivity contribution in [3.8, 4) is 5.75 Å². The average Bonchev–Trinajstić information content (AvgIpc) is 2.03. The third-order valence-electron chi connectivity index (χ3n) is 1.49. The summed E-state index contributed by atoms with van der Waals surface area (Å²) in [6, 6.07) is 3.23. The number of hydrogen-bond acceptors (Lipinski definition) is 2. The largest absolute Gasteiger partial charge is 0.494 e. The van der Waals surface area contributed by atoms with E-state index in [1.807, 2.05) is 22.6 Å². The number of rotatable bonds is 2. The Bertz CT molecular complexity index is 291. The number of halogens is 2. The van der Waals surface area contributed by atoms with Crippen LogP contribution in [-0.2, 0) is 0 Å². The Morgan fingerprint density at radius 3 is 2.67 bits per heavy atom. The molecule has 0 aromatic heterocycles. The van der Waals surface area contributed by atoms with Crippen LogP contribution in [0.5, 0.6) is 5.75 Å². The lowest BCUT2D eigenvalue weighted by molar-refractivity contribution is 0.413. The van der Waals surface area contributed by atoms with E-state index in [-0.39, 0.29) is 5.82 Å². The van der Waals surface area contributed by atoms with Crippen LogP contribution in [0.2, 0.25) is 0 Å². The number of ether oxygens (including phenoxy) is 1. The van der Waals surface area contributed by atoms with Crippen LogP contribution < -0.4 is 10.1 Å². The molecule has 12 heavy (non-hydrogen) atoms. The van der Waals surface area contributed by atoms with Crippen molar-refractivity contribution in [2.45, 2.75) is 0 Å². The fourth-order valence-corrected chi connectivity index (χ4v) is 1.51. The Morgan fingerprint density at radius 1 is 1.50 bits per heavy atom. The summed E-state index contributed by atoms with van der Waals surface area (Å²) >= 11 is 2.04. The molecule has 1 rings (SSSR count). The first-order valence-corrected chi connectivity index (χ1v) is 4.47. The number of nitrogens with one attached hydrogen (secondary N) is 1. The molecule has 0 heterocycles. The van der Waals surface area contributed by atoms with Crippen LogP contribution in [0.4, 0.5) is 10.1 Å². The second-order valence-corrected chi connectivity index (χ2v) is 3.46. The third-order valence-corrected chi connectivity index (χ3v) is 2.11. The van der Waals surface area contributed by atoms with E-state index in [9.17, 15) is 4.39 Å². The van der Waals surface area contributed by atoms with Crippen molar-refractivity contribution in [2.24, 2.45) is 0 Å². The van der Waals surface area contributed by atoms with Gasteiger partial charge in [-0.05, 0) is 34.7 Å². The first-order chi connectivity index (χ1) is 5.69. The van der Waals surface area contributed by atoms with Gasteiger partial charge in [-0.25, -0.2) is 4.39 Å². The Balaban J connectivity index is 3.24. The van der Waals surface area contributed by atoms with E-state index < -0.39 is 0 Å². The molecule has 0 amide bonds. The van der Waals surface area contributed by atoms with Crippen molar-refractivity contribution in [1.82, 2.24) is 0 Å². The molecule has 4 heteroatoms. The average molecular weight is 281 g/mol. The van der Waals surface area contributed by atoms with Crippen molar-refractivity contribution < 1.29 is 9.13 Å². The van der Waals surface area contributed by atoms with Gasteiger partial charge in [-0.3, -0.25) is 0 Å². The predicted molar refractivity (Wildman–Crippen MR) is 55.2 cm³/mol.